The number of rotatable bonds is 3. The standard InChI is InChI=1S/C22H24ClFN2O/c23-17-3-4-19(24)16(11-17)13-26-9-10-27-20-12-15-5-7-25-8-6-18(15)21(22(20)26)14-1-2-14/h3-4,11-12,14,25H,1-2,5-10,13H2. The maximum atomic E-state index is 14.4. The van der Waals surface area contributed by atoms with E-state index < -0.39 is 0 Å². The molecule has 2 aromatic rings. The molecule has 1 aliphatic carbocycles. The lowest BCUT2D eigenvalue weighted by molar-refractivity contribution is 0.305. The molecule has 2 aliphatic heterocycles. The molecule has 5 heteroatoms. The molecule has 3 nitrogen and oxygen atoms in total. The first kappa shape index (κ1) is 17.3. The minimum atomic E-state index is -0.195. The predicted molar refractivity (Wildman–Crippen MR) is 107 cm³/mol. The van der Waals surface area contributed by atoms with Gasteiger partial charge in [0.15, 0.2) is 0 Å². The summed E-state index contributed by atoms with van der Waals surface area (Å²) in [4.78, 5) is 2.31. The number of halogens is 2. The highest BCUT2D eigenvalue weighted by molar-refractivity contribution is 6.30. The number of hydrogen-bond donors (Lipinski definition) is 1. The van der Waals surface area contributed by atoms with Gasteiger partial charge in [-0.25, -0.2) is 4.39 Å². The van der Waals surface area contributed by atoms with Crippen LogP contribution in [-0.2, 0) is 19.4 Å². The van der Waals surface area contributed by atoms with E-state index in [4.69, 9.17) is 16.3 Å². The summed E-state index contributed by atoms with van der Waals surface area (Å²) in [5, 5.41) is 4.10. The fourth-order valence-corrected chi connectivity index (χ4v) is 4.69. The molecule has 0 unspecified atom stereocenters. The van der Waals surface area contributed by atoms with Gasteiger partial charge < -0.3 is 15.0 Å². The van der Waals surface area contributed by atoms with E-state index in [0.717, 1.165) is 38.2 Å². The van der Waals surface area contributed by atoms with Gasteiger partial charge in [-0.2, -0.15) is 0 Å². The summed E-state index contributed by atoms with van der Waals surface area (Å²) in [7, 11) is 0. The third-order valence-electron chi connectivity index (χ3n) is 5.92. The van der Waals surface area contributed by atoms with Gasteiger partial charge in [-0.15, -0.1) is 0 Å². The van der Waals surface area contributed by atoms with Gasteiger partial charge in [-0.3, -0.25) is 0 Å². The van der Waals surface area contributed by atoms with Crippen molar-refractivity contribution in [2.75, 3.05) is 31.1 Å². The average molecular weight is 387 g/mol. The zero-order valence-corrected chi connectivity index (χ0v) is 16.1. The Labute approximate surface area is 164 Å². The monoisotopic (exact) mass is 386 g/mol. The van der Waals surface area contributed by atoms with E-state index in [2.05, 4.69) is 16.3 Å². The first-order valence-electron chi connectivity index (χ1n) is 9.92. The van der Waals surface area contributed by atoms with E-state index in [9.17, 15) is 4.39 Å². The van der Waals surface area contributed by atoms with Crippen molar-refractivity contribution in [2.24, 2.45) is 0 Å². The number of ether oxygens (including phenoxy) is 1. The quantitative estimate of drug-likeness (QED) is 0.843. The Bertz CT molecular complexity index is 881. The summed E-state index contributed by atoms with van der Waals surface area (Å²) < 4.78 is 20.5. The van der Waals surface area contributed by atoms with Gasteiger partial charge in [-0.1, -0.05) is 11.6 Å². The minimum Gasteiger partial charge on any atom is -0.490 e. The SMILES string of the molecule is Fc1ccc(Cl)cc1CN1CCOc2cc3c(c(C4CC4)c21)CCNCC3. The molecule has 0 bridgehead atoms. The molecule has 1 fully saturated rings. The summed E-state index contributed by atoms with van der Waals surface area (Å²) in [5.41, 5.74) is 6.24. The van der Waals surface area contributed by atoms with E-state index in [-0.39, 0.29) is 5.82 Å². The molecule has 1 N–H and O–H groups in total. The van der Waals surface area contributed by atoms with E-state index >= 15 is 0 Å². The molecule has 142 valence electrons. The molecule has 5 rings (SSSR count). The van der Waals surface area contributed by atoms with Crippen LogP contribution in [0.5, 0.6) is 5.75 Å². The molecular weight excluding hydrogens is 363 g/mol. The van der Waals surface area contributed by atoms with Gasteiger partial charge in [-0.05, 0) is 85.6 Å². The molecule has 1 saturated carbocycles. The highest BCUT2D eigenvalue weighted by atomic mass is 35.5. The number of anilines is 1. The third kappa shape index (κ3) is 3.30. The summed E-state index contributed by atoms with van der Waals surface area (Å²) in [6.45, 7) is 3.98. The Balaban J connectivity index is 1.60. The van der Waals surface area contributed by atoms with Crippen molar-refractivity contribution in [3.8, 4) is 5.75 Å². The molecule has 0 saturated heterocycles. The van der Waals surface area contributed by atoms with Gasteiger partial charge >= 0.3 is 0 Å². The Kier molecular flexibility index (Phi) is 4.49. The minimum absolute atomic E-state index is 0.195. The summed E-state index contributed by atoms with van der Waals surface area (Å²) in [5.74, 6) is 1.41. The van der Waals surface area contributed by atoms with Crippen LogP contribution in [0, 0.1) is 5.82 Å². The maximum Gasteiger partial charge on any atom is 0.143 e. The van der Waals surface area contributed by atoms with Crippen molar-refractivity contribution < 1.29 is 9.13 Å². The van der Waals surface area contributed by atoms with Crippen LogP contribution >= 0.6 is 11.6 Å². The Morgan fingerprint density at radius 2 is 2.04 bits per heavy atom. The number of hydrogen-bond acceptors (Lipinski definition) is 3. The fourth-order valence-electron chi connectivity index (χ4n) is 4.50. The molecule has 0 aromatic heterocycles. The Hall–Kier alpha value is -1.78. The van der Waals surface area contributed by atoms with Gasteiger partial charge in [0.05, 0.1) is 12.2 Å². The average Bonchev–Trinajstić information content (AvgIpc) is 3.50. The van der Waals surface area contributed by atoms with Crippen LogP contribution in [-0.4, -0.2) is 26.2 Å². The van der Waals surface area contributed by atoms with Crippen LogP contribution in [0.2, 0.25) is 5.02 Å². The highest BCUT2D eigenvalue weighted by Gasteiger charge is 2.35. The van der Waals surface area contributed by atoms with Crippen molar-refractivity contribution in [3.63, 3.8) is 0 Å². The smallest absolute Gasteiger partial charge is 0.143 e. The van der Waals surface area contributed by atoms with Crippen molar-refractivity contribution in [2.45, 2.75) is 38.1 Å². The molecule has 2 heterocycles. The van der Waals surface area contributed by atoms with E-state index in [0.29, 0.717) is 29.7 Å². The van der Waals surface area contributed by atoms with Crippen LogP contribution in [0.4, 0.5) is 10.1 Å². The lowest BCUT2D eigenvalue weighted by atomic mass is 9.91. The summed E-state index contributed by atoms with van der Waals surface area (Å²) in [6, 6.07) is 7.06. The zero-order valence-electron chi connectivity index (χ0n) is 15.4. The van der Waals surface area contributed by atoms with Crippen LogP contribution < -0.4 is 15.0 Å². The van der Waals surface area contributed by atoms with E-state index in [1.807, 2.05) is 0 Å². The molecule has 0 spiro atoms. The van der Waals surface area contributed by atoms with Gasteiger partial charge in [0.1, 0.15) is 18.2 Å². The highest BCUT2D eigenvalue weighted by Crippen LogP contribution is 2.51. The first-order chi connectivity index (χ1) is 13.2. The Morgan fingerprint density at radius 3 is 2.89 bits per heavy atom. The lowest BCUT2D eigenvalue weighted by Gasteiger charge is -2.35. The van der Waals surface area contributed by atoms with E-state index in [1.165, 1.54) is 41.3 Å². The van der Waals surface area contributed by atoms with Crippen molar-refractivity contribution >= 4 is 17.3 Å². The third-order valence-corrected chi connectivity index (χ3v) is 6.15. The number of benzene rings is 2. The van der Waals surface area contributed by atoms with Crippen LogP contribution in [0.15, 0.2) is 24.3 Å². The second kappa shape index (κ2) is 6.99. The molecule has 27 heavy (non-hydrogen) atoms. The molecule has 2 aromatic carbocycles. The maximum absolute atomic E-state index is 14.4. The second-order valence-electron chi connectivity index (χ2n) is 7.80. The summed E-state index contributed by atoms with van der Waals surface area (Å²) in [6.07, 6.45) is 4.60. The Morgan fingerprint density at radius 1 is 1.19 bits per heavy atom. The molecule has 0 amide bonds. The normalized spacial score (nSPS) is 19.1. The molecule has 0 radical (unpaired) electrons. The van der Waals surface area contributed by atoms with Crippen LogP contribution in [0.25, 0.3) is 0 Å². The zero-order chi connectivity index (χ0) is 18.4. The topological polar surface area (TPSA) is 24.5 Å². The number of fused-ring (bicyclic) bond motifs is 2. The van der Waals surface area contributed by atoms with Gasteiger partial charge in [0.25, 0.3) is 0 Å². The van der Waals surface area contributed by atoms with Crippen molar-refractivity contribution in [3.05, 3.63) is 57.4 Å². The molecular formula is C22H24ClFN2O. The predicted octanol–water partition coefficient (Wildman–Crippen LogP) is 4.44. The summed E-state index contributed by atoms with van der Waals surface area (Å²) >= 11 is 6.12. The van der Waals surface area contributed by atoms with Gasteiger partial charge in [0, 0.05) is 17.1 Å². The van der Waals surface area contributed by atoms with Crippen molar-refractivity contribution in [1.29, 1.82) is 0 Å². The number of nitrogens with one attached hydrogen (secondary N) is 1. The number of nitrogens with zero attached hydrogens (tertiary/aromatic N) is 1. The first-order valence-corrected chi connectivity index (χ1v) is 10.3. The largest absolute Gasteiger partial charge is 0.490 e. The lowest BCUT2D eigenvalue weighted by Crippen LogP contribution is -2.34. The second-order valence-corrected chi connectivity index (χ2v) is 8.24. The van der Waals surface area contributed by atoms with Gasteiger partial charge in [0.2, 0.25) is 0 Å². The fraction of sp³-hybridized carbons (Fsp3) is 0.455. The van der Waals surface area contributed by atoms with Crippen LogP contribution in [0.3, 0.4) is 0 Å². The molecule has 0 atom stereocenters. The van der Waals surface area contributed by atoms with Crippen molar-refractivity contribution in [1.82, 2.24) is 5.32 Å². The molecule has 3 aliphatic rings. The van der Waals surface area contributed by atoms with E-state index in [1.54, 1.807) is 12.1 Å². The van der Waals surface area contributed by atoms with Crippen LogP contribution in [0.1, 0.15) is 41.0 Å².